The number of nitrogens with zero attached hydrogens (tertiary/aromatic N) is 2. The fourth-order valence-electron chi connectivity index (χ4n) is 3.67. The highest BCUT2D eigenvalue weighted by molar-refractivity contribution is 7.99. The van der Waals surface area contributed by atoms with Crippen LogP contribution in [0, 0.1) is 0 Å². The zero-order valence-corrected chi connectivity index (χ0v) is 20.5. The molecule has 1 amide bonds. The third kappa shape index (κ3) is 5.38. The van der Waals surface area contributed by atoms with Gasteiger partial charge in [0.2, 0.25) is 17.5 Å². The van der Waals surface area contributed by atoms with E-state index < -0.39 is 17.9 Å². The summed E-state index contributed by atoms with van der Waals surface area (Å²) in [4.78, 5) is 27.4. The normalized spacial score (nSPS) is 11.8. The molecule has 0 saturated carbocycles. The second-order valence-corrected chi connectivity index (χ2v) is 8.52. The van der Waals surface area contributed by atoms with Crippen LogP contribution in [0.3, 0.4) is 0 Å². The van der Waals surface area contributed by atoms with Gasteiger partial charge in [-0.15, -0.1) is 10.2 Å². The molecule has 0 aliphatic rings. The predicted molar refractivity (Wildman–Crippen MR) is 132 cm³/mol. The molecule has 1 atom stereocenters. The molecule has 0 saturated heterocycles. The highest BCUT2D eigenvalue weighted by Gasteiger charge is 2.23. The summed E-state index contributed by atoms with van der Waals surface area (Å²) in [7, 11) is 4.50. The number of carboxylic acids is 1. The van der Waals surface area contributed by atoms with Gasteiger partial charge in [-0.1, -0.05) is 30.0 Å². The minimum atomic E-state index is -1.12. The quantitative estimate of drug-likeness (QED) is 0.256. The van der Waals surface area contributed by atoms with Crippen LogP contribution in [0.1, 0.15) is 5.56 Å². The molecule has 36 heavy (non-hydrogen) atoms. The number of fused-ring (bicyclic) bond motifs is 1. The minimum absolute atomic E-state index is 0.103. The molecular weight excluding hydrogens is 488 g/mol. The van der Waals surface area contributed by atoms with Gasteiger partial charge < -0.3 is 34.0 Å². The van der Waals surface area contributed by atoms with Gasteiger partial charge in [0.15, 0.2) is 11.5 Å². The van der Waals surface area contributed by atoms with Crippen LogP contribution in [0.4, 0.5) is 0 Å². The standard InChI is InChI=1S/C24H24N4O7S/c1-32-18-9-13(10-19(33-2)21(18)34-3)22-27-28-24(35-22)36-12-20(29)26-17(23(30)31)8-14-11-25-16-7-5-4-6-15(14)16/h4-7,9-11,17,25H,8,12H2,1-3H3,(H,26,29)(H,30,31)/t17-/m1/s1. The molecule has 4 aromatic rings. The number of amides is 1. The van der Waals surface area contributed by atoms with Crippen LogP contribution in [0.2, 0.25) is 0 Å². The maximum atomic E-state index is 12.5. The highest BCUT2D eigenvalue weighted by atomic mass is 32.2. The lowest BCUT2D eigenvalue weighted by molar-refractivity contribution is -0.141. The Morgan fingerprint density at radius 3 is 2.50 bits per heavy atom. The van der Waals surface area contributed by atoms with E-state index in [1.165, 1.54) is 21.3 Å². The van der Waals surface area contributed by atoms with Crippen molar-refractivity contribution in [1.29, 1.82) is 0 Å². The van der Waals surface area contributed by atoms with E-state index in [4.69, 9.17) is 18.6 Å². The van der Waals surface area contributed by atoms with Gasteiger partial charge in [-0.25, -0.2) is 4.79 Å². The Kier molecular flexibility index (Phi) is 7.64. The van der Waals surface area contributed by atoms with E-state index in [0.29, 0.717) is 22.8 Å². The molecule has 0 aliphatic heterocycles. The minimum Gasteiger partial charge on any atom is -0.493 e. The molecule has 0 unspecified atom stereocenters. The fourth-order valence-corrected chi connectivity index (χ4v) is 4.25. The lowest BCUT2D eigenvalue weighted by Crippen LogP contribution is -2.43. The maximum absolute atomic E-state index is 12.5. The van der Waals surface area contributed by atoms with Gasteiger partial charge in [0.1, 0.15) is 6.04 Å². The van der Waals surface area contributed by atoms with Crippen molar-refractivity contribution in [2.24, 2.45) is 0 Å². The number of H-pyrrole nitrogens is 1. The number of aromatic nitrogens is 3. The zero-order valence-electron chi connectivity index (χ0n) is 19.7. The van der Waals surface area contributed by atoms with Crippen molar-refractivity contribution in [2.75, 3.05) is 27.1 Å². The summed E-state index contributed by atoms with van der Waals surface area (Å²) in [5.74, 6) is -0.229. The van der Waals surface area contributed by atoms with Crippen LogP contribution in [-0.4, -0.2) is 65.3 Å². The molecule has 0 aliphatic carbocycles. The fraction of sp³-hybridized carbons (Fsp3) is 0.250. The number of aromatic amines is 1. The molecule has 3 N–H and O–H groups in total. The second-order valence-electron chi connectivity index (χ2n) is 7.60. The monoisotopic (exact) mass is 512 g/mol. The van der Waals surface area contributed by atoms with E-state index in [1.807, 2.05) is 24.3 Å². The number of benzene rings is 2. The van der Waals surface area contributed by atoms with Crippen molar-refractivity contribution >= 4 is 34.5 Å². The van der Waals surface area contributed by atoms with Gasteiger partial charge in [0, 0.05) is 29.1 Å². The number of carbonyl (C=O) groups is 2. The van der Waals surface area contributed by atoms with Crippen LogP contribution in [-0.2, 0) is 16.0 Å². The van der Waals surface area contributed by atoms with E-state index in [2.05, 4.69) is 20.5 Å². The van der Waals surface area contributed by atoms with Gasteiger partial charge in [0.25, 0.3) is 5.22 Å². The first-order valence-corrected chi connectivity index (χ1v) is 11.8. The summed E-state index contributed by atoms with van der Waals surface area (Å²) in [6, 6.07) is 9.81. The number of hydrogen-bond acceptors (Lipinski definition) is 9. The Morgan fingerprint density at radius 1 is 1.11 bits per heavy atom. The van der Waals surface area contributed by atoms with Gasteiger partial charge >= 0.3 is 5.97 Å². The third-order valence-electron chi connectivity index (χ3n) is 5.38. The Hall–Kier alpha value is -4.19. The second kappa shape index (κ2) is 11.0. The van der Waals surface area contributed by atoms with E-state index in [-0.39, 0.29) is 23.3 Å². The summed E-state index contributed by atoms with van der Waals surface area (Å²) in [5, 5.41) is 21.2. The van der Waals surface area contributed by atoms with Crippen LogP contribution in [0.5, 0.6) is 17.2 Å². The largest absolute Gasteiger partial charge is 0.493 e. The SMILES string of the molecule is COc1cc(-c2nnc(SCC(=O)N[C@H](Cc3c[nH]c4ccccc34)C(=O)O)o2)cc(OC)c1OC. The Balaban J connectivity index is 1.40. The number of para-hydroxylation sites is 1. The number of hydrogen-bond donors (Lipinski definition) is 3. The number of thioether (sulfide) groups is 1. The average molecular weight is 513 g/mol. The third-order valence-corrected chi connectivity index (χ3v) is 6.20. The molecule has 2 aromatic carbocycles. The lowest BCUT2D eigenvalue weighted by atomic mass is 10.1. The molecule has 0 radical (unpaired) electrons. The summed E-state index contributed by atoms with van der Waals surface area (Å²) >= 11 is 0.997. The first kappa shape index (κ1) is 24.9. The molecular formula is C24H24N4O7S. The number of methoxy groups -OCH3 is 3. The number of rotatable bonds is 11. The van der Waals surface area contributed by atoms with E-state index in [9.17, 15) is 14.7 Å². The van der Waals surface area contributed by atoms with Crippen LogP contribution < -0.4 is 19.5 Å². The number of aliphatic carboxylic acids is 1. The van der Waals surface area contributed by atoms with Gasteiger partial charge in [-0.05, 0) is 23.8 Å². The summed E-state index contributed by atoms with van der Waals surface area (Å²) in [5.41, 5.74) is 2.24. The number of ether oxygens (including phenoxy) is 3. The first-order valence-electron chi connectivity index (χ1n) is 10.8. The number of carboxylic acid groups (broad SMARTS) is 1. The van der Waals surface area contributed by atoms with E-state index >= 15 is 0 Å². The first-order chi connectivity index (χ1) is 17.4. The van der Waals surface area contributed by atoms with Gasteiger partial charge in [-0.2, -0.15) is 0 Å². The number of nitrogens with one attached hydrogen (secondary N) is 2. The van der Waals surface area contributed by atoms with Crippen molar-refractivity contribution in [1.82, 2.24) is 20.5 Å². The van der Waals surface area contributed by atoms with Crippen molar-refractivity contribution in [3.05, 3.63) is 48.2 Å². The zero-order chi connectivity index (χ0) is 25.7. The van der Waals surface area contributed by atoms with Crippen molar-refractivity contribution < 1.29 is 33.3 Å². The molecule has 188 valence electrons. The Bertz CT molecular complexity index is 1360. The molecule has 0 bridgehead atoms. The van der Waals surface area contributed by atoms with Gasteiger partial charge in [0.05, 0.1) is 27.1 Å². The lowest BCUT2D eigenvalue weighted by Gasteiger charge is -2.13. The Morgan fingerprint density at radius 2 is 1.83 bits per heavy atom. The van der Waals surface area contributed by atoms with Crippen LogP contribution in [0.25, 0.3) is 22.4 Å². The molecule has 0 spiro atoms. The van der Waals surface area contributed by atoms with Gasteiger partial charge in [-0.3, -0.25) is 4.79 Å². The van der Waals surface area contributed by atoms with Crippen molar-refractivity contribution in [3.63, 3.8) is 0 Å². The van der Waals surface area contributed by atoms with Crippen molar-refractivity contribution in [3.8, 4) is 28.7 Å². The average Bonchev–Trinajstić information content (AvgIpc) is 3.53. The Labute approximate surface area is 210 Å². The number of carbonyl (C=O) groups excluding carboxylic acids is 1. The highest BCUT2D eigenvalue weighted by Crippen LogP contribution is 2.41. The van der Waals surface area contributed by atoms with E-state index in [0.717, 1.165) is 28.2 Å². The molecule has 0 fully saturated rings. The van der Waals surface area contributed by atoms with E-state index in [1.54, 1.807) is 18.3 Å². The maximum Gasteiger partial charge on any atom is 0.326 e. The predicted octanol–water partition coefficient (Wildman–Crippen LogP) is 3.15. The molecule has 11 nitrogen and oxygen atoms in total. The van der Waals surface area contributed by atoms with Crippen LogP contribution in [0.15, 0.2) is 52.2 Å². The topological polar surface area (TPSA) is 149 Å². The summed E-state index contributed by atoms with van der Waals surface area (Å²) < 4.78 is 21.7. The van der Waals surface area contributed by atoms with Crippen molar-refractivity contribution in [2.45, 2.75) is 17.7 Å². The molecule has 12 heteroatoms. The molecule has 4 rings (SSSR count). The molecule has 2 heterocycles. The van der Waals surface area contributed by atoms with Crippen LogP contribution >= 0.6 is 11.8 Å². The summed E-state index contributed by atoms with van der Waals surface area (Å²) in [6.07, 6.45) is 1.90. The summed E-state index contributed by atoms with van der Waals surface area (Å²) in [6.45, 7) is 0. The molecule has 2 aromatic heterocycles. The smallest absolute Gasteiger partial charge is 0.326 e.